The van der Waals surface area contributed by atoms with Crippen LogP contribution in [0.2, 0.25) is 0 Å². The molecule has 0 fully saturated rings. The lowest BCUT2D eigenvalue weighted by Gasteiger charge is -2.15. The summed E-state index contributed by atoms with van der Waals surface area (Å²) in [5.74, 6) is 0. The van der Waals surface area contributed by atoms with Gasteiger partial charge in [0.15, 0.2) is 0 Å². The van der Waals surface area contributed by atoms with E-state index in [-0.39, 0.29) is 12.1 Å². The van der Waals surface area contributed by atoms with Crippen LogP contribution in [0.5, 0.6) is 0 Å². The fraction of sp³-hybridized carbons (Fsp3) is 0.462. The summed E-state index contributed by atoms with van der Waals surface area (Å²) in [6, 6.07) is 9.90. The Morgan fingerprint density at radius 3 is 2.44 bits per heavy atom. The summed E-state index contributed by atoms with van der Waals surface area (Å²) in [5, 5.41) is 21.2. The van der Waals surface area contributed by atoms with Crippen molar-refractivity contribution >= 4 is 0 Å². The molecule has 0 aromatic heterocycles. The van der Waals surface area contributed by atoms with Crippen LogP contribution < -0.4 is 5.32 Å². The molecule has 1 aromatic rings. The number of aliphatic hydroxyl groups excluding tert-OH is 1. The molecule has 2 N–H and O–H groups in total. The smallest absolute Gasteiger partial charge is 0.0991 e. The molecular weight excluding hydrogens is 200 g/mol. The largest absolute Gasteiger partial charge is 0.393 e. The molecule has 0 amide bonds. The zero-order chi connectivity index (χ0) is 12.0. The van der Waals surface area contributed by atoms with Gasteiger partial charge in [-0.25, -0.2) is 0 Å². The number of nitrogens with zero attached hydrogens (tertiary/aromatic N) is 1. The van der Waals surface area contributed by atoms with E-state index in [1.165, 1.54) is 0 Å². The van der Waals surface area contributed by atoms with Gasteiger partial charge in [-0.2, -0.15) is 5.26 Å². The minimum atomic E-state index is -0.275. The van der Waals surface area contributed by atoms with Crippen molar-refractivity contribution < 1.29 is 5.11 Å². The molecule has 1 rings (SSSR count). The Balaban J connectivity index is 2.40. The second-order valence-electron chi connectivity index (χ2n) is 4.18. The van der Waals surface area contributed by atoms with Crippen LogP contribution in [0.1, 0.15) is 31.4 Å². The van der Waals surface area contributed by atoms with Crippen LogP contribution in [-0.2, 0) is 6.54 Å². The summed E-state index contributed by atoms with van der Waals surface area (Å²) >= 11 is 0. The first-order valence-corrected chi connectivity index (χ1v) is 5.52. The second-order valence-corrected chi connectivity index (χ2v) is 4.18. The fourth-order valence-corrected chi connectivity index (χ4v) is 1.58. The summed E-state index contributed by atoms with van der Waals surface area (Å²) in [7, 11) is 0. The minimum absolute atomic E-state index is 0.275. The first kappa shape index (κ1) is 12.7. The monoisotopic (exact) mass is 218 g/mol. The van der Waals surface area contributed by atoms with Crippen molar-refractivity contribution in [1.29, 1.82) is 5.26 Å². The third-order valence-corrected chi connectivity index (χ3v) is 2.43. The Kier molecular flexibility index (Phi) is 4.97. The molecule has 16 heavy (non-hydrogen) atoms. The Hall–Kier alpha value is -1.37. The molecule has 2 atom stereocenters. The van der Waals surface area contributed by atoms with Crippen LogP contribution in [0.4, 0.5) is 0 Å². The predicted octanol–water partition coefficient (Wildman–Crippen LogP) is 1.81. The van der Waals surface area contributed by atoms with E-state index in [0.29, 0.717) is 5.56 Å². The van der Waals surface area contributed by atoms with Crippen LogP contribution in [-0.4, -0.2) is 17.3 Å². The molecule has 0 aliphatic rings. The predicted molar refractivity (Wildman–Crippen MR) is 63.8 cm³/mol. The van der Waals surface area contributed by atoms with Gasteiger partial charge in [0.25, 0.3) is 0 Å². The average Bonchev–Trinajstić information content (AvgIpc) is 2.26. The number of hydrogen-bond acceptors (Lipinski definition) is 3. The highest BCUT2D eigenvalue weighted by Crippen LogP contribution is 2.04. The Labute approximate surface area is 96.7 Å². The zero-order valence-electron chi connectivity index (χ0n) is 9.77. The van der Waals surface area contributed by atoms with Crippen molar-refractivity contribution in [3.63, 3.8) is 0 Å². The summed E-state index contributed by atoms with van der Waals surface area (Å²) < 4.78 is 0. The molecule has 3 nitrogen and oxygen atoms in total. The maximum absolute atomic E-state index is 9.21. The number of nitrogens with one attached hydrogen (secondary N) is 1. The summed E-state index contributed by atoms with van der Waals surface area (Å²) in [6.07, 6.45) is 0.472. The van der Waals surface area contributed by atoms with Crippen LogP contribution in [0.15, 0.2) is 24.3 Å². The molecule has 0 aliphatic carbocycles. The quantitative estimate of drug-likeness (QED) is 0.792. The molecule has 0 saturated heterocycles. The molecule has 0 spiro atoms. The molecule has 0 aliphatic heterocycles. The van der Waals surface area contributed by atoms with Gasteiger partial charge in [0.05, 0.1) is 17.7 Å². The van der Waals surface area contributed by atoms with Gasteiger partial charge >= 0.3 is 0 Å². The van der Waals surface area contributed by atoms with Crippen molar-refractivity contribution in [2.45, 2.75) is 39.0 Å². The first-order chi connectivity index (χ1) is 7.61. The molecule has 1 aromatic carbocycles. The number of benzene rings is 1. The lowest BCUT2D eigenvalue weighted by molar-refractivity contribution is 0.170. The van der Waals surface area contributed by atoms with Gasteiger partial charge < -0.3 is 10.4 Å². The molecule has 0 heterocycles. The molecule has 86 valence electrons. The van der Waals surface area contributed by atoms with Crippen molar-refractivity contribution in [1.82, 2.24) is 5.32 Å². The SMILES string of the molecule is CC(O)CC(C)NCc1ccc(C#N)cc1. The van der Waals surface area contributed by atoms with Crippen LogP contribution in [0, 0.1) is 11.3 Å². The highest BCUT2D eigenvalue weighted by Gasteiger charge is 2.05. The standard InChI is InChI=1S/C13H18N2O/c1-10(7-11(2)16)15-9-13-5-3-12(8-14)4-6-13/h3-6,10-11,15-16H,7,9H2,1-2H3. The van der Waals surface area contributed by atoms with Crippen molar-refractivity contribution in [3.05, 3.63) is 35.4 Å². The fourth-order valence-electron chi connectivity index (χ4n) is 1.58. The third kappa shape index (κ3) is 4.43. The van der Waals surface area contributed by atoms with Gasteiger partial charge in [0.2, 0.25) is 0 Å². The normalized spacial score (nSPS) is 14.1. The van der Waals surface area contributed by atoms with E-state index in [2.05, 4.69) is 18.3 Å². The van der Waals surface area contributed by atoms with Gasteiger partial charge in [-0.1, -0.05) is 12.1 Å². The van der Waals surface area contributed by atoms with E-state index in [9.17, 15) is 5.11 Å². The number of hydrogen-bond donors (Lipinski definition) is 2. The maximum Gasteiger partial charge on any atom is 0.0991 e. The molecule has 0 saturated carbocycles. The summed E-state index contributed by atoms with van der Waals surface area (Å²) in [5.41, 5.74) is 1.83. The van der Waals surface area contributed by atoms with Gasteiger partial charge in [0, 0.05) is 12.6 Å². The molecule has 2 unspecified atom stereocenters. The molecule has 0 bridgehead atoms. The van der Waals surface area contributed by atoms with E-state index in [0.717, 1.165) is 18.5 Å². The zero-order valence-corrected chi connectivity index (χ0v) is 9.77. The Bertz CT molecular complexity index is 351. The van der Waals surface area contributed by atoms with E-state index in [1.807, 2.05) is 24.3 Å². The van der Waals surface area contributed by atoms with E-state index in [1.54, 1.807) is 6.92 Å². The van der Waals surface area contributed by atoms with Gasteiger partial charge in [-0.15, -0.1) is 0 Å². The molecular formula is C13H18N2O. The Morgan fingerprint density at radius 1 is 1.31 bits per heavy atom. The summed E-state index contributed by atoms with van der Waals surface area (Å²) in [6.45, 7) is 4.61. The molecule has 3 heteroatoms. The van der Waals surface area contributed by atoms with Gasteiger partial charge in [-0.05, 0) is 38.0 Å². The van der Waals surface area contributed by atoms with Crippen LogP contribution in [0.3, 0.4) is 0 Å². The van der Waals surface area contributed by atoms with Crippen molar-refractivity contribution in [2.24, 2.45) is 0 Å². The number of nitriles is 1. The van der Waals surface area contributed by atoms with Gasteiger partial charge in [-0.3, -0.25) is 0 Å². The van der Waals surface area contributed by atoms with Crippen LogP contribution >= 0.6 is 0 Å². The first-order valence-electron chi connectivity index (χ1n) is 5.52. The minimum Gasteiger partial charge on any atom is -0.393 e. The van der Waals surface area contributed by atoms with Crippen molar-refractivity contribution in [3.8, 4) is 6.07 Å². The average molecular weight is 218 g/mol. The maximum atomic E-state index is 9.21. The lowest BCUT2D eigenvalue weighted by atomic mass is 10.1. The van der Waals surface area contributed by atoms with E-state index >= 15 is 0 Å². The molecule has 0 radical (unpaired) electrons. The second kappa shape index (κ2) is 6.26. The van der Waals surface area contributed by atoms with E-state index < -0.39 is 0 Å². The van der Waals surface area contributed by atoms with Crippen molar-refractivity contribution in [2.75, 3.05) is 0 Å². The lowest BCUT2D eigenvalue weighted by Crippen LogP contribution is -2.28. The topological polar surface area (TPSA) is 56.0 Å². The highest BCUT2D eigenvalue weighted by atomic mass is 16.3. The van der Waals surface area contributed by atoms with Crippen LogP contribution in [0.25, 0.3) is 0 Å². The highest BCUT2D eigenvalue weighted by molar-refractivity contribution is 5.31. The Morgan fingerprint density at radius 2 is 1.94 bits per heavy atom. The number of rotatable bonds is 5. The summed E-state index contributed by atoms with van der Waals surface area (Å²) in [4.78, 5) is 0. The van der Waals surface area contributed by atoms with E-state index in [4.69, 9.17) is 5.26 Å². The number of aliphatic hydroxyl groups is 1. The van der Waals surface area contributed by atoms with Gasteiger partial charge in [0.1, 0.15) is 0 Å². The third-order valence-electron chi connectivity index (χ3n) is 2.43.